The maximum atomic E-state index is 12.6. The van der Waals surface area contributed by atoms with Crippen molar-refractivity contribution in [1.82, 2.24) is 10.6 Å². The van der Waals surface area contributed by atoms with Gasteiger partial charge in [-0.2, -0.15) is 0 Å². The molecule has 1 amide bonds. The van der Waals surface area contributed by atoms with Crippen molar-refractivity contribution in [2.75, 3.05) is 17.8 Å². The molecule has 1 aliphatic rings. The van der Waals surface area contributed by atoms with Gasteiger partial charge < -0.3 is 10.6 Å². The third-order valence-electron chi connectivity index (χ3n) is 4.38. The molecule has 138 valence electrons. The first-order chi connectivity index (χ1) is 12.4. The number of benzene rings is 2. The highest BCUT2D eigenvalue weighted by Gasteiger charge is 2.18. The summed E-state index contributed by atoms with van der Waals surface area (Å²) in [7, 11) is -3.76. The molecule has 1 heterocycles. The standard InChI is InChI=1S/C19H23N3O3S/c1-14-7-9-16(10-8-14)22-26(24,25)18-6-2-4-15(12-18)19(23)21-13-17-5-3-11-20-17/h2,4,6-10,12,17,20,22H,3,5,11,13H2,1H3,(H,21,23). The second-order valence-electron chi connectivity index (χ2n) is 6.50. The molecule has 2 aromatic rings. The lowest BCUT2D eigenvalue weighted by Crippen LogP contribution is -2.37. The van der Waals surface area contributed by atoms with Crippen LogP contribution >= 0.6 is 0 Å². The molecule has 1 aliphatic heterocycles. The Hall–Kier alpha value is -2.38. The zero-order valence-corrected chi connectivity index (χ0v) is 15.5. The molecule has 1 atom stereocenters. The Labute approximate surface area is 154 Å². The SMILES string of the molecule is Cc1ccc(NS(=O)(=O)c2cccc(C(=O)NCC3CCCN3)c2)cc1. The summed E-state index contributed by atoms with van der Waals surface area (Å²) in [5.41, 5.74) is 1.86. The third-order valence-corrected chi connectivity index (χ3v) is 5.76. The maximum absolute atomic E-state index is 12.6. The largest absolute Gasteiger partial charge is 0.350 e. The van der Waals surface area contributed by atoms with Crippen molar-refractivity contribution < 1.29 is 13.2 Å². The smallest absolute Gasteiger partial charge is 0.261 e. The number of aryl methyl sites for hydroxylation is 1. The Kier molecular flexibility index (Phi) is 5.58. The Bertz CT molecular complexity index is 873. The van der Waals surface area contributed by atoms with Crippen LogP contribution < -0.4 is 15.4 Å². The molecule has 0 bridgehead atoms. The minimum Gasteiger partial charge on any atom is -0.350 e. The van der Waals surface area contributed by atoms with Crippen molar-refractivity contribution in [3.63, 3.8) is 0 Å². The van der Waals surface area contributed by atoms with E-state index in [1.165, 1.54) is 12.1 Å². The Morgan fingerprint density at radius 2 is 1.96 bits per heavy atom. The van der Waals surface area contributed by atoms with Crippen molar-refractivity contribution in [2.45, 2.75) is 30.7 Å². The number of hydrogen-bond donors (Lipinski definition) is 3. The molecule has 0 saturated carbocycles. The van der Waals surface area contributed by atoms with Crippen molar-refractivity contribution in [2.24, 2.45) is 0 Å². The monoisotopic (exact) mass is 373 g/mol. The van der Waals surface area contributed by atoms with Gasteiger partial charge >= 0.3 is 0 Å². The van der Waals surface area contributed by atoms with Crippen molar-refractivity contribution >= 4 is 21.6 Å². The minimum absolute atomic E-state index is 0.0599. The van der Waals surface area contributed by atoms with Crippen LogP contribution in [-0.2, 0) is 10.0 Å². The zero-order valence-electron chi connectivity index (χ0n) is 14.7. The summed E-state index contributed by atoms with van der Waals surface area (Å²) in [5, 5.41) is 6.17. The van der Waals surface area contributed by atoms with E-state index >= 15 is 0 Å². The number of amides is 1. The molecule has 3 N–H and O–H groups in total. The number of carbonyl (C=O) groups excluding carboxylic acids is 1. The molecule has 26 heavy (non-hydrogen) atoms. The molecule has 0 spiro atoms. The summed E-state index contributed by atoms with van der Waals surface area (Å²) in [5.74, 6) is -0.272. The number of rotatable bonds is 6. The highest BCUT2D eigenvalue weighted by atomic mass is 32.2. The first-order valence-electron chi connectivity index (χ1n) is 8.65. The van der Waals surface area contributed by atoms with E-state index in [2.05, 4.69) is 15.4 Å². The Morgan fingerprint density at radius 3 is 2.65 bits per heavy atom. The predicted molar refractivity (Wildman–Crippen MR) is 102 cm³/mol. The van der Waals surface area contributed by atoms with Crippen molar-refractivity contribution in [1.29, 1.82) is 0 Å². The fraction of sp³-hybridized carbons (Fsp3) is 0.316. The average Bonchev–Trinajstić information content (AvgIpc) is 3.15. The number of sulfonamides is 1. The van der Waals surface area contributed by atoms with Gasteiger partial charge in [-0.05, 0) is 56.6 Å². The van der Waals surface area contributed by atoms with E-state index in [0.29, 0.717) is 17.8 Å². The van der Waals surface area contributed by atoms with Crippen LogP contribution in [0.4, 0.5) is 5.69 Å². The van der Waals surface area contributed by atoms with E-state index in [1.807, 2.05) is 19.1 Å². The van der Waals surface area contributed by atoms with Crippen LogP contribution in [0.1, 0.15) is 28.8 Å². The van der Waals surface area contributed by atoms with Gasteiger partial charge in [0.2, 0.25) is 0 Å². The lowest BCUT2D eigenvalue weighted by molar-refractivity contribution is 0.0950. The number of nitrogens with one attached hydrogen (secondary N) is 3. The van der Waals surface area contributed by atoms with Gasteiger partial charge in [0.1, 0.15) is 0 Å². The van der Waals surface area contributed by atoms with Crippen LogP contribution in [0, 0.1) is 6.92 Å². The second-order valence-corrected chi connectivity index (χ2v) is 8.19. The van der Waals surface area contributed by atoms with Crippen LogP contribution in [0.25, 0.3) is 0 Å². The summed E-state index contributed by atoms with van der Waals surface area (Å²) >= 11 is 0. The van der Waals surface area contributed by atoms with Crippen molar-refractivity contribution in [3.8, 4) is 0 Å². The third kappa shape index (κ3) is 4.62. The molecule has 0 aromatic heterocycles. The maximum Gasteiger partial charge on any atom is 0.261 e. The van der Waals surface area contributed by atoms with E-state index in [1.54, 1.807) is 24.3 Å². The average molecular weight is 373 g/mol. The molecule has 1 unspecified atom stereocenters. The minimum atomic E-state index is -3.76. The van der Waals surface area contributed by atoms with Gasteiger partial charge in [-0.25, -0.2) is 8.42 Å². The molecule has 1 saturated heterocycles. The fourth-order valence-corrected chi connectivity index (χ4v) is 3.99. The van der Waals surface area contributed by atoms with Gasteiger partial charge in [-0.3, -0.25) is 9.52 Å². The highest BCUT2D eigenvalue weighted by molar-refractivity contribution is 7.92. The molecule has 7 heteroatoms. The predicted octanol–water partition coefficient (Wildman–Crippen LogP) is 2.28. The summed E-state index contributed by atoms with van der Waals surface area (Å²) in [6.07, 6.45) is 2.15. The van der Waals surface area contributed by atoms with Crippen LogP contribution in [-0.4, -0.2) is 33.5 Å². The lowest BCUT2D eigenvalue weighted by Gasteiger charge is -2.12. The number of carbonyl (C=O) groups is 1. The van der Waals surface area contributed by atoms with E-state index in [4.69, 9.17) is 0 Å². The van der Waals surface area contributed by atoms with Crippen LogP contribution in [0.5, 0.6) is 0 Å². The summed E-state index contributed by atoms with van der Waals surface area (Å²) in [6.45, 7) is 3.44. The molecule has 2 aromatic carbocycles. The second kappa shape index (κ2) is 7.88. The highest BCUT2D eigenvalue weighted by Crippen LogP contribution is 2.18. The van der Waals surface area contributed by atoms with Gasteiger partial charge in [0.25, 0.3) is 15.9 Å². The first-order valence-corrected chi connectivity index (χ1v) is 10.1. The van der Waals surface area contributed by atoms with Gasteiger partial charge in [0, 0.05) is 23.8 Å². The van der Waals surface area contributed by atoms with Crippen LogP contribution in [0.2, 0.25) is 0 Å². The van der Waals surface area contributed by atoms with E-state index in [-0.39, 0.29) is 16.8 Å². The van der Waals surface area contributed by atoms with Crippen LogP contribution in [0.3, 0.4) is 0 Å². The topological polar surface area (TPSA) is 87.3 Å². The summed E-state index contributed by atoms with van der Waals surface area (Å²) in [4.78, 5) is 12.4. The van der Waals surface area contributed by atoms with E-state index in [0.717, 1.165) is 24.9 Å². The van der Waals surface area contributed by atoms with Crippen LogP contribution in [0.15, 0.2) is 53.4 Å². The molecule has 6 nitrogen and oxygen atoms in total. The Morgan fingerprint density at radius 1 is 1.19 bits per heavy atom. The molecule has 3 rings (SSSR count). The quantitative estimate of drug-likeness (QED) is 0.725. The molecular formula is C19H23N3O3S. The zero-order chi connectivity index (χ0) is 18.6. The Balaban J connectivity index is 1.70. The van der Waals surface area contributed by atoms with Crippen molar-refractivity contribution in [3.05, 3.63) is 59.7 Å². The van der Waals surface area contributed by atoms with E-state index in [9.17, 15) is 13.2 Å². The van der Waals surface area contributed by atoms with E-state index < -0.39 is 10.0 Å². The number of anilines is 1. The summed E-state index contributed by atoms with van der Waals surface area (Å²) in [6, 6.07) is 13.4. The normalized spacial score (nSPS) is 17.0. The van der Waals surface area contributed by atoms with Gasteiger partial charge in [-0.1, -0.05) is 23.8 Å². The fourth-order valence-electron chi connectivity index (χ4n) is 2.89. The molecular weight excluding hydrogens is 350 g/mol. The summed E-state index contributed by atoms with van der Waals surface area (Å²) < 4.78 is 27.7. The lowest BCUT2D eigenvalue weighted by atomic mass is 10.2. The van der Waals surface area contributed by atoms with Gasteiger partial charge in [0.05, 0.1) is 4.90 Å². The first kappa shape index (κ1) is 18.4. The number of hydrogen-bond acceptors (Lipinski definition) is 4. The van der Waals surface area contributed by atoms with Gasteiger partial charge in [-0.15, -0.1) is 0 Å². The van der Waals surface area contributed by atoms with Gasteiger partial charge in [0.15, 0.2) is 0 Å². The molecule has 1 fully saturated rings. The molecule has 0 radical (unpaired) electrons. The molecule has 0 aliphatic carbocycles.